The van der Waals surface area contributed by atoms with E-state index in [2.05, 4.69) is 250 Å². The molecule has 332 valence electrons. The molecule has 3 aliphatic rings. The number of hydrogen-bond acceptors (Lipinski definition) is 4. The van der Waals surface area contributed by atoms with Gasteiger partial charge in [-0.3, -0.25) is 0 Å². The fourth-order valence-electron chi connectivity index (χ4n) is 12.0. The van der Waals surface area contributed by atoms with Crippen molar-refractivity contribution in [2.45, 2.75) is 59.3 Å². The highest BCUT2D eigenvalue weighted by Crippen LogP contribution is 2.54. The maximum Gasteiger partial charge on any atom is 0.252 e. The maximum atomic E-state index is 2.63. The zero-order valence-corrected chi connectivity index (χ0v) is 40.9. The number of nitrogens with zero attached hydrogens (tertiary/aromatic N) is 4. The van der Waals surface area contributed by atoms with E-state index in [1.807, 2.05) is 11.3 Å². The maximum absolute atomic E-state index is 2.63. The summed E-state index contributed by atoms with van der Waals surface area (Å²) in [7, 11) is 0. The van der Waals surface area contributed by atoms with Crippen molar-refractivity contribution in [3.8, 4) is 5.69 Å². The summed E-state index contributed by atoms with van der Waals surface area (Å²) in [6.07, 6.45) is 0. The van der Waals surface area contributed by atoms with Gasteiger partial charge in [0.25, 0.3) is 6.71 Å². The van der Waals surface area contributed by atoms with Crippen LogP contribution >= 0.6 is 11.3 Å². The van der Waals surface area contributed by atoms with Crippen molar-refractivity contribution in [3.05, 3.63) is 199 Å². The second-order valence-electron chi connectivity index (χ2n) is 21.5. The number of thiophene rings is 1. The quantitative estimate of drug-likeness (QED) is 0.164. The van der Waals surface area contributed by atoms with Crippen molar-refractivity contribution in [1.29, 1.82) is 0 Å². The predicted molar refractivity (Wildman–Crippen MR) is 298 cm³/mol. The Balaban J connectivity index is 1.07. The van der Waals surface area contributed by atoms with Crippen LogP contribution in [-0.2, 0) is 10.8 Å². The van der Waals surface area contributed by atoms with Crippen LogP contribution in [0.5, 0.6) is 0 Å². The number of benzene rings is 9. The predicted octanol–water partition coefficient (Wildman–Crippen LogP) is 15.9. The molecule has 0 spiro atoms. The zero-order chi connectivity index (χ0) is 46.7. The minimum Gasteiger partial charge on any atom is -0.311 e. The average Bonchev–Trinajstić information content (AvgIpc) is 3.90. The highest BCUT2D eigenvalue weighted by molar-refractivity contribution is 7.26. The van der Waals surface area contributed by atoms with E-state index >= 15 is 0 Å². The third-order valence-corrected chi connectivity index (χ3v) is 16.4. The molecule has 0 saturated carbocycles. The average molecular weight is 907 g/mol. The van der Waals surface area contributed by atoms with Gasteiger partial charge in [0.05, 0.1) is 33.8 Å². The summed E-state index contributed by atoms with van der Waals surface area (Å²) in [5.74, 6) is 0. The largest absolute Gasteiger partial charge is 0.311 e. The lowest BCUT2D eigenvalue weighted by molar-refractivity contribution is 0.590. The fourth-order valence-corrected chi connectivity index (χ4v) is 13.1. The number of anilines is 9. The van der Waals surface area contributed by atoms with E-state index in [9.17, 15) is 0 Å². The Labute approximate surface area is 408 Å². The van der Waals surface area contributed by atoms with Crippen LogP contribution in [0.1, 0.15) is 58.2 Å². The number of aromatic nitrogens is 1. The molecule has 0 radical (unpaired) electrons. The molecule has 0 fully saturated rings. The van der Waals surface area contributed by atoms with E-state index in [1.165, 1.54) is 115 Å². The molecule has 9 aromatic carbocycles. The fraction of sp³-hybridized carbons (Fsp3) is 0.143. The molecule has 0 aliphatic carbocycles. The molecule has 0 atom stereocenters. The summed E-state index contributed by atoms with van der Waals surface area (Å²) >= 11 is 1.88. The van der Waals surface area contributed by atoms with Crippen LogP contribution in [0.25, 0.3) is 47.7 Å². The topological polar surface area (TPSA) is 14.7 Å². The van der Waals surface area contributed by atoms with Crippen molar-refractivity contribution in [2.24, 2.45) is 0 Å². The normalized spacial score (nSPS) is 13.6. The van der Waals surface area contributed by atoms with Gasteiger partial charge in [-0.05, 0) is 136 Å². The van der Waals surface area contributed by atoms with Crippen LogP contribution in [-0.4, -0.2) is 11.3 Å². The first-order chi connectivity index (χ1) is 33.4. The molecule has 14 rings (SSSR count). The van der Waals surface area contributed by atoms with E-state index in [0.717, 1.165) is 17.1 Å². The first-order valence-corrected chi connectivity index (χ1v) is 25.2. The molecular weight excluding hydrogens is 856 g/mol. The van der Waals surface area contributed by atoms with Crippen molar-refractivity contribution >= 4 is 128 Å². The van der Waals surface area contributed by atoms with Gasteiger partial charge in [0, 0.05) is 65.1 Å². The second kappa shape index (κ2) is 14.3. The highest BCUT2D eigenvalue weighted by atomic mass is 32.1. The molecule has 2 aromatic heterocycles. The van der Waals surface area contributed by atoms with Crippen molar-refractivity contribution in [2.75, 3.05) is 14.7 Å². The van der Waals surface area contributed by atoms with Crippen molar-refractivity contribution in [3.63, 3.8) is 0 Å². The van der Waals surface area contributed by atoms with E-state index in [0.29, 0.717) is 0 Å². The van der Waals surface area contributed by atoms with Crippen LogP contribution < -0.4 is 31.1 Å². The molecule has 0 saturated heterocycles. The summed E-state index contributed by atoms with van der Waals surface area (Å²) < 4.78 is 5.13. The molecule has 0 bridgehead atoms. The molecule has 0 unspecified atom stereocenters. The monoisotopic (exact) mass is 906 g/mol. The van der Waals surface area contributed by atoms with E-state index in [4.69, 9.17) is 0 Å². The first-order valence-electron chi connectivity index (χ1n) is 24.4. The molecule has 3 aliphatic heterocycles. The van der Waals surface area contributed by atoms with Gasteiger partial charge in [-0.1, -0.05) is 139 Å². The van der Waals surface area contributed by atoms with Gasteiger partial charge >= 0.3 is 0 Å². The van der Waals surface area contributed by atoms with Gasteiger partial charge in [-0.2, -0.15) is 0 Å². The van der Waals surface area contributed by atoms with E-state index in [1.54, 1.807) is 0 Å². The molecule has 4 nitrogen and oxygen atoms in total. The minimum atomic E-state index is -0.0197. The number of hydrogen-bond donors (Lipinski definition) is 0. The Hall–Kier alpha value is -7.54. The summed E-state index contributed by atoms with van der Waals surface area (Å²) in [6, 6.07) is 69.4. The minimum absolute atomic E-state index is 0.0197. The standard InChI is InChI=1S/C63H51BN4S/c1-38-35-54-59-55(36-38)68-51-21-12-17-45-44-15-8-10-19-49(44)67(60(45)51)52-22-13-18-48(61(52)68)64(59)47-34-33-43(37-53(47)66(54)50-20-14-24-57-58(50)46-16-9-11-23-56(46)69-57)65(41-29-25-39(26-30-41)62(2,3)4)42-31-27-40(28-32-42)63(5,6)7/h8-37H,1-7H3. The SMILES string of the molecule is Cc1cc2c3c(c1)N1c4c(cccc4-n4c5ccccc5c5cccc1c54)B3c1ccc(N(c3ccc(C(C)(C)C)cc3)c3ccc(C(C)(C)C)cc3)cc1N2c1cccc2sc3ccccc3c12. The Morgan fingerprint density at radius 1 is 0.449 bits per heavy atom. The molecule has 0 amide bonds. The zero-order valence-electron chi connectivity index (χ0n) is 40.1. The molecule has 6 heteroatoms. The number of rotatable bonds is 4. The van der Waals surface area contributed by atoms with Crippen molar-refractivity contribution < 1.29 is 0 Å². The Morgan fingerprint density at radius 2 is 1.03 bits per heavy atom. The van der Waals surface area contributed by atoms with Crippen LogP contribution in [0, 0.1) is 6.92 Å². The summed E-state index contributed by atoms with van der Waals surface area (Å²) in [5, 5.41) is 5.15. The lowest BCUT2D eigenvalue weighted by Crippen LogP contribution is -2.61. The van der Waals surface area contributed by atoms with Gasteiger partial charge < -0.3 is 19.3 Å². The second-order valence-corrected chi connectivity index (χ2v) is 22.6. The molecular formula is C63H51BN4S. The number of para-hydroxylation sites is 3. The highest BCUT2D eigenvalue weighted by Gasteiger charge is 2.46. The van der Waals surface area contributed by atoms with Crippen LogP contribution in [0.15, 0.2) is 182 Å². The van der Waals surface area contributed by atoms with Crippen molar-refractivity contribution in [1.82, 2.24) is 4.57 Å². The van der Waals surface area contributed by atoms with Gasteiger partial charge in [-0.15, -0.1) is 11.3 Å². The molecule has 69 heavy (non-hydrogen) atoms. The molecule has 0 N–H and O–H groups in total. The molecule has 11 aromatic rings. The Bertz CT molecular complexity index is 3900. The number of aryl methyl sites for hydroxylation is 1. The summed E-state index contributed by atoms with van der Waals surface area (Å²) in [4.78, 5) is 7.70. The van der Waals surface area contributed by atoms with Crippen LogP contribution in [0.3, 0.4) is 0 Å². The smallest absolute Gasteiger partial charge is 0.252 e. The summed E-state index contributed by atoms with van der Waals surface area (Å²) in [6.45, 7) is 16.0. The first kappa shape index (κ1) is 40.5. The third kappa shape index (κ3) is 5.76. The van der Waals surface area contributed by atoms with Crippen LogP contribution in [0.2, 0.25) is 0 Å². The third-order valence-electron chi connectivity index (χ3n) is 15.2. The number of fused-ring (bicyclic) bond motifs is 12. The lowest BCUT2D eigenvalue weighted by atomic mass is 9.33. The van der Waals surface area contributed by atoms with Gasteiger partial charge in [0.15, 0.2) is 0 Å². The summed E-state index contributed by atoms with van der Waals surface area (Å²) in [5.41, 5.74) is 22.4. The van der Waals surface area contributed by atoms with E-state index in [-0.39, 0.29) is 17.5 Å². The Kier molecular flexibility index (Phi) is 8.37. The van der Waals surface area contributed by atoms with E-state index < -0.39 is 0 Å². The Morgan fingerprint density at radius 3 is 1.75 bits per heavy atom. The molecule has 5 heterocycles. The van der Waals surface area contributed by atoms with Gasteiger partial charge in [-0.25, -0.2) is 0 Å². The van der Waals surface area contributed by atoms with Crippen LogP contribution in [0.4, 0.5) is 51.2 Å². The van der Waals surface area contributed by atoms with Gasteiger partial charge in [0.1, 0.15) is 0 Å². The van der Waals surface area contributed by atoms with Gasteiger partial charge in [0.2, 0.25) is 0 Å². The lowest BCUT2D eigenvalue weighted by Gasteiger charge is -2.46.